The quantitative estimate of drug-likeness (QED) is 0.599. The van der Waals surface area contributed by atoms with Crippen molar-refractivity contribution in [3.05, 3.63) is 46.7 Å². The normalized spacial score (nSPS) is 14.0. The van der Waals surface area contributed by atoms with E-state index in [1.807, 2.05) is 7.05 Å². The molecule has 0 fully saturated rings. The summed E-state index contributed by atoms with van der Waals surface area (Å²) in [6, 6.07) is 6.55. The molecule has 0 saturated carbocycles. The van der Waals surface area contributed by atoms with Gasteiger partial charge in [-0.1, -0.05) is 13.3 Å². The first-order chi connectivity index (χ1) is 14.9. The lowest BCUT2D eigenvalue weighted by atomic mass is 10.0. The molecule has 7 heteroatoms. The van der Waals surface area contributed by atoms with Crippen LogP contribution >= 0.6 is 0 Å². The van der Waals surface area contributed by atoms with E-state index in [0.29, 0.717) is 46.2 Å². The van der Waals surface area contributed by atoms with Crippen molar-refractivity contribution < 1.29 is 28.8 Å². The van der Waals surface area contributed by atoms with Gasteiger partial charge in [0, 0.05) is 18.2 Å². The average Bonchev–Trinajstić information content (AvgIpc) is 3.09. The maximum Gasteiger partial charge on any atom is 0.231 e. The summed E-state index contributed by atoms with van der Waals surface area (Å²) in [6.45, 7) is 3.50. The summed E-state index contributed by atoms with van der Waals surface area (Å²) in [5.41, 5.74) is 1.65. The number of ketones is 1. The predicted octanol–water partition coefficient (Wildman–Crippen LogP) is 4.27. The molecule has 2 aromatic carbocycles. The zero-order valence-electron chi connectivity index (χ0n) is 18.7. The summed E-state index contributed by atoms with van der Waals surface area (Å²) >= 11 is 0. The molecule has 1 N–H and O–H groups in total. The van der Waals surface area contributed by atoms with Crippen molar-refractivity contribution in [2.24, 2.45) is 0 Å². The van der Waals surface area contributed by atoms with E-state index in [0.717, 1.165) is 19.4 Å². The third kappa shape index (κ3) is 4.61. The first-order valence-electron chi connectivity index (χ1n) is 10.2. The van der Waals surface area contributed by atoms with Gasteiger partial charge in [0.15, 0.2) is 17.3 Å². The second-order valence-electron chi connectivity index (χ2n) is 7.42. The first-order valence-corrected chi connectivity index (χ1v) is 10.2. The Bertz CT molecular complexity index is 998. The van der Waals surface area contributed by atoms with Crippen LogP contribution in [0.25, 0.3) is 6.08 Å². The van der Waals surface area contributed by atoms with E-state index in [2.05, 4.69) is 11.8 Å². The van der Waals surface area contributed by atoms with E-state index in [1.165, 1.54) is 7.11 Å². The number of ether oxygens (including phenoxy) is 4. The highest BCUT2D eigenvalue weighted by Crippen LogP contribution is 2.41. The van der Waals surface area contributed by atoms with Crippen molar-refractivity contribution in [2.45, 2.75) is 26.3 Å². The first kappa shape index (κ1) is 22.5. The number of carbonyl (C=O) groups is 1. The predicted molar refractivity (Wildman–Crippen MR) is 118 cm³/mol. The number of Topliss-reactive ketones (excluding diaryl/α,β-unsaturated/α-hetero) is 1. The van der Waals surface area contributed by atoms with Crippen molar-refractivity contribution in [1.82, 2.24) is 4.90 Å². The smallest absolute Gasteiger partial charge is 0.231 e. The molecule has 0 aliphatic carbocycles. The summed E-state index contributed by atoms with van der Waals surface area (Å²) in [7, 11) is 6.60. The second-order valence-corrected chi connectivity index (χ2v) is 7.42. The Morgan fingerprint density at radius 3 is 2.39 bits per heavy atom. The van der Waals surface area contributed by atoms with Gasteiger partial charge < -0.3 is 29.0 Å². The molecule has 2 aromatic rings. The van der Waals surface area contributed by atoms with Gasteiger partial charge in [-0.15, -0.1) is 0 Å². The van der Waals surface area contributed by atoms with Gasteiger partial charge >= 0.3 is 0 Å². The van der Waals surface area contributed by atoms with Gasteiger partial charge in [0.2, 0.25) is 5.78 Å². The molecule has 1 aliphatic heterocycles. The molecule has 0 radical (unpaired) electrons. The van der Waals surface area contributed by atoms with E-state index in [4.69, 9.17) is 18.9 Å². The topological polar surface area (TPSA) is 77.5 Å². The van der Waals surface area contributed by atoms with Crippen LogP contribution in [0.1, 0.15) is 41.3 Å². The molecule has 0 saturated heterocycles. The van der Waals surface area contributed by atoms with Crippen LogP contribution in [0, 0.1) is 0 Å². The number of aromatic hydroxyl groups is 1. The largest absolute Gasteiger partial charge is 0.507 e. The van der Waals surface area contributed by atoms with Gasteiger partial charge in [-0.25, -0.2) is 0 Å². The average molecular weight is 427 g/mol. The summed E-state index contributed by atoms with van der Waals surface area (Å²) in [5.74, 6) is 1.96. The Morgan fingerprint density at radius 2 is 1.74 bits per heavy atom. The molecule has 3 rings (SSSR count). The number of carbonyl (C=O) groups excluding carboxylic acids is 1. The number of rotatable bonds is 9. The van der Waals surface area contributed by atoms with Crippen molar-refractivity contribution in [3.8, 4) is 28.7 Å². The minimum atomic E-state index is -0.246. The fraction of sp³-hybridized carbons (Fsp3) is 0.375. The number of benzene rings is 2. The number of nitrogens with zero attached hydrogens (tertiary/aromatic N) is 1. The Kier molecular flexibility index (Phi) is 7.07. The third-order valence-electron chi connectivity index (χ3n) is 5.26. The molecule has 0 aromatic heterocycles. The van der Waals surface area contributed by atoms with Gasteiger partial charge in [0.05, 0.1) is 32.5 Å². The monoisotopic (exact) mass is 427 g/mol. The summed E-state index contributed by atoms with van der Waals surface area (Å²) in [5, 5.41) is 10.4. The van der Waals surface area contributed by atoms with Gasteiger partial charge in [-0.05, 0) is 44.3 Å². The zero-order chi connectivity index (χ0) is 22.5. The van der Waals surface area contributed by atoms with Crippen LogP contribution in [-0.4, -0.2) is 50.7 Å². The number of phenols is 1. The van der Waals surface area contributed by atoms with Crippen LogP contribution in [0.5, 0.6) is 28.7 Å². The van der Waals surface area contributed by atoms with Crippen molar-refractivity contribution >= 4 is 11.9 Å². The maximum absolute atomic E-state index is 13.0. The lowest BCUT2D eigenvalue weighted by Gasteiger charge is -2.18. The Morgan fingerprint density at radius 1 is 1.06 bits per heavy atom. The van der Waals surface area contributed by atoms with Crippen LogP contribution in [0.3, 0.4) is 0 Å². The number of hydrogen-bond donors (Lipinski definition) is 1. The van der Waals surface area contributed by atoms with E-state index >= 15 is 0 Å². The van der Waals surface area contributed by atoms with E-state index < -0.39 is 0 Å². The van der Waals surface area contributed by atoms with Crippen molar-refractivity contribution in [1.29, 1.82) is 0 Å². The molecule has 1 aliphatic rings. The molecule has 7 nitrogen and oxygen atoms in total. The van der Waals surface area contributed by atoms with Gasteiger partial charge in [0.25, 0.3) is 0 Å². The molecule has 0 amide bonds. The number of phenolic OH excluding ortho intramolecular Hbond substituents is 1. The molecule has 0 unspecified atom stereocenters. The standard InChI is InChI=1S/C24H29NO6/c1-6-7-10-25(2)14-17-18(26)9-8-16-23(27)22(31-24(16)17)12-15-11-20(29-4)21(30-5)13-19(15)28-3/h8-9,11-13,26H,6-7,10,14H2,1-5H3/b22-12-. The fourth-order valence-electron chi connectivity index (χ4n) is 3.53. The Hall–Kier alpha value is -3.19. The fourth-order valence-corrected chi connectivity index (χ4v) is 3.53. The molecule has 31 heavy (non-hydrogen) atoms. The van der Waals surface area contributed by atoms with E-state index in [1.54, 1.807) is 44.6 Å². The highest BCUT2D eigenvalue weighted by atomic mass is 16.5. The lowest BCUT2D eigenvalue weighted by Crippen LogP contribution is -2.19. The third-order valence-corrected chi connectivity index (χ3v) is 5.26. The van der Waals surface area contributed by atoms with Crippen molar-refractivity contribution in [2.75, 3.05) is 34.9 Å². The summed E-state index contributed by atoms with van der Waals surface area (Å²) in [6.07, 6.45) is 3.75. The molecule has 1 heterocycles. The number of allylic oxidation sites excluding steroid dienone is 1. The molecular weight excluding hydrogens is 398 g/mol. The number of methoxy groups -OCH3 is 3. The maximum atomic E-state index is 13.0. The highest BCUT2D eigenvalue weighted by molar-refractivity contribution is 6.15. The number of fused-ring (bicyclic) bond motifs is 1. The Balaban J connectivity index is 1.98. The number of hydrogen-bond acceptors (Lipinski definition) is 7. The molecule has 0 bridgehead atoms. The highest BCUT2D eigenvalue weighted by Gasteiger charge is 2.31. The summed E-state index contributed by atoms with van der Waals surface area (Å²) in [4.78, 5) is 15.1. The van der Waals surface area contributed by atoms with Crippen molar-refractivity contribution in [3.63, 3.8) is 0 Å². The Labute approximate surface area is 182 Å². The summed E-state index contributed by atoms with van der Waals surface area (Å²) < 4.78 is 22.1. The minimum Gasteiger partial charge on any atom is -0.507 e. The van der Waals surface area contributed by atoms with Crippen LogP contribution in [0.15, 0.2) is 30.0 Å². The molecule has 0 atom stereocenters. The van der Waals surface area contributed by atoms with Crippen LogP contribution in [-0.2, 0) is 6.54 Å². The van der Waals surface area contributed by atoms with Gasteiger partial charge in [-0.3, -0.25) is 4.79 Å². The lowest BCUT2D eigenvalue weighted by molar-refractivity contribution is 0.101. The van der Waals surface area contributed by atoms with Crippen LogP contribution in [0.4, 0.5) is 0 Å². The van der Waals surface area contributed by atoms with Crippen LogP contribution in [0.2, 0.25) is 0 Å². The number of unbranched alkanes of at least 4 members (excludes halogenated alkanes) is 1. The van der Waals surface area contributed by atoms with E-state index in [9.17, 15) is 9.90 Å². The van der Waals surface area contributed by atoms with Crippen LogP contribution < -0.4 is 18.9 Å². The molecule has 0 spiro atoms. The van der Waals surface area contributed by atoms with Gasteiger partial charge in [-0.2, -0.15) is 0 Å². The van der Waals surface area contributed by atoms with E-state index in [-0.39, 0.29) is 17.3 Å². The van der Waals surface area contributed by atoms with Gasteiger partial charge in [0.1, 0.15) is 17.2 Å². The minimum absolute atomic E-state index is 0.111. The molecular formula is C24H29NO6. The zero-order valence-corrected chi connectivity index (χ0v) is 18.7. The second kappa shape index (κ2) is 9.75. The SMILES string of the molecule is CCCCN(C)Cc1c(O)ccc2c1O/C(=C\c1cc(OC)c(OC)cc1OC)C2=O. The molecule has 166 valence electrons.